The van der Waals surface area contributed by atoms with Crippen LogP contribution in [0.1, 0.15) is 12.5 Å². The summed E-state index contributed by atoms with van der Waals surface area (Å²) in [6, 6.07) is 9.99. The van der Waals surface area contributed by atoms with Crippen LogP contribution in [0.3, 0.4) is 0 Å². The van der Waals surface area contributed by atoms with Crippen LogP contribution in [-0.2, 0) is 45.3 Å². The summed E-state index contributed by atoms with van der Waals surface area (Å²) in [5.41, 5.74) is 6.69. The van der Waals surface area contributed by atoms with Gasteiger partial charge in [-0.1, -0.05) is 12.1 Å². The Hall–Kier alpha value is -5.47. The largest absolute Gasteiger partial charge is 0.494 e. The summed E-state index contributed by atoms with van der Waals surface area (Å²) >= 11 is 1.03. The normalized spacial score (nSPS) is 13.3. The second-order valence-corrected chi connectivity index (χ2v) is 16.0. The van der Waals surface area contributed by atoms with E-state index in [4.69, 9.17) is 5.73 Å². The number of aromatic hydroxyl groups is 2. The number of nitrogens with zero attached hydrogens (tertiary/aromatic N) is 4. The van der Waals surface area contributed by atoms with Crippen molar-refractivity contribution in [3.8, 4) is 17.4 Å². The minimum absolute atomic E-state index is 0.0377. The highest BCUT2D eigenvalue weighted by Crippen LogP contribution is 2.38. The number of carboxylic acids is 4. The summed E-state index contributed by atoms with van der Waals surface area (Å²) in [4.78, 5) is 66.0. The molecule has 3 aromatic rings. The molecule has 0 aliphatic carbocycles. The smallest absolute Gasteiger partial charge is 0.317 e. The van der Waals surface area contributed by atoms with Crippen LogP contribution >= 0.6 is 11.8 Å². The number of thioether (sulfide) groups is 1. The maximum Gasteiger partial charge on any atom is 0.317 e. The Kier molecular flexibility index (Phi) is 17.9. The van der Waals surface area contributed by atoms with E-state index in [-0.39, 0.29) is 58.2 Å². The van der Waals surface area contributed by atoms with Gasteiger partial charge in [0.05, 0.1) is 47.7 Å². The first-order chi connectivity index (χ1) is 27.7. The summed E-state index contributed by atoms with van der Waals surface area (Å²) in [6.45, 7) is -1.97. The SMILES string of the molecule is CNC(=O)C(N)CSc1cc(O)n(-c2ccc(S(=O)(=O)Nc3ccc(C[C@H](CN(CC(=O)O)CC(=O)O)N(COO)[C@@H](C)CN(CC(=O)O)CC(=O)O)cc3)cc2)c1O. The third kappa shape index (κ3) is 14.7. The predicted molar refractivity (Wildman–Crippen MR) is 210 cm³/mol. The molecule has 1 amide bonds. The van der Waals surface area contributed by atoms with E-state index in [1.165, 1.54) is 54.4 Å². The number of rotatable bonds is 26. The molecule has 0 radical (unpaired) electrons. The number of nitrogens with two attached hydrogens (primary N) is 1. The van der Waals surface area contributed by atoms with Gasteiger partial charge in [0.15, 0.2) is 5.88 Å². The Balaban J connectivity index is 1.84. The molecule has 3 atom stereocenters. The zero-order valence-corrected chi connectivity index (χ0v) is 33.5. The lowest BCUT2D eigenvalue weighted by atomic mass is 10.0. The van der Waals surface area contributed by atoms with Gasteiger partial charge in [-0.25, -0.2) is 13.3 Å². The second kappa shape index (κ2) is 22.1. The second-order valence-electron chi connectivity index (χ2n) is 13.2. The number of benzene rings is 2. The quantitative estimate of drug-likeness (QED) is 0.0217. The maximum absolute atomic E-state index is 13.3. The van der Waals surface area contributed by atoms with Crippen LogP contribution in [0.25, 0.3) is 5.69 Å². The van der Waals surface area contributed by atoms with Crippen molar-refractivity contribution in [3.05, 3.63) is 60.2 Å². The fourth-order valence-corrected chi connectivity index (χ4v) is 8.07. The van der Waals surface area contributed by atoms with Crippen molar-refractivity contribution in [1.82, 2.24) is 24.6 Å². The van der Waals surface area contributed by atoms with E-state index in [1.54, 1.807) is 19.1 Å². The molecule has 324 valence electrons. The van der Waals surface area contributed by atoms with Gasteiger partial charge in [0, 0.05) is 49.7 Å². The number of sulfonamides is 1. The van der Waals surface area contributed by atoms with Crippen LogP contribution in [0.2, 0.25) is 0 Å². The number of carbonyl (C=O) groups excluding carboxylic acids is 1. The minimum Gasteiger partial charge on any atom is -0.494 e. The molecule has 2 aromatic carbocycles. The highest BCUT2D eigenvalue weighted by Gasteiger charge is 2.30. The molecule has 59 heavy (non-hydrogen) atoms. The third-order valence-corrected chi connectivity index (χ3v) is 11.2. The van der Waals surface area contributed by atoms with E-state index in [1.807, 2.05) is 0 Å². The fraction of sp³-hybridized carbons (Fsp3) is 0.400. The van der Waals surface area contributed by atoms with Gasteiger partial charge in [-0.15, -0.1) is 11.8 Å². The lowest BCUT2D eigenvalue weighted by Gasteiger charge is -2.39. The number of carboxylic acid groups (broad SMARTS) is 4. The number of hydrogen-bond acceptors (Lipinski definition) is 16. The van der Waals surface area contributed by atoms with E-state index in [0.717, 1.165) is 26.1 Å². The molecule has 0 spiro atoms. The first kappa shape index (κ1) is 47.9. The maximum atomic E-state index is 13.3. The van der Waals surface area contributed by atoms with Crippen molar-refractivity contribution in [2.45, 2.75) is 41.3 Å². The van der Waals surface area contributed by atoms with E-state index in [0.29, 0.717) is 5.56 Å². The number of hydrogen-bond donors (Lipinski definition) is 10. The van der Waals surface area contributed by atoms with Crippen LogP contribution in [0, 0.1) is 0 Å². The highest BCUT2D eigenvalue weighted by atomic mass is 32.2. The molecule has 0 bridgehead atoms. The summed E-state index contributed by atoms with van der Waals surface area (Å²) in [6.07, 6.45) is 0.0377. The van der Waals surface area contributed by atoms with E-state index in [2.05, 4.69) is 14.9 Å². The Bertz CT molecular complexity index is 2000. The highest BCUT2D eigenvalue weighted by molar-refractivity contribution is 7.99. The van der Waals surface area contributed by atoms with Crippen molar-refractivity contribution in [3.63, 3.8) is 0 Å². The van der Waals surface area contributed by atoms with Gasteiger partial charge in [-0.2, -0.15) is 0 Å². The van der Waals surface area contributed by atoms with Gasteiger partial charge in [-0.05, 0) is 55.3 Å². The summed E-state index contributed by atoms with van der Waals surface area (Å²) in [7, 11) is -2.76. The Morgan fingerprint density at radius 2 is 1.37 bits per heavy atom. The Morgan fingerprint density at radius 1 is 0.847 bits per heavy atom. The summed E-state index contributed by atoms with van der Waals surface area (Å²) in [5.74, 6) is -6.27. The van der Waals surface area contributed by atoms with Gasteiger partial charge in [0.1, 0.15) is 6.73 Å². The predicted octanol–water partition coefficient (Wildman–Crippen LogP) is -0.154. The standard InChI is InChI=1S/C35H47N7O15S2/c1-21(13-39(15-30(44)45)16-31(46)47)41(20-57-54)25(14-40(17-32(48)49)18-33(50)51)11-22-3-5-23(6-4-22)38-59(55,56)26-9-7-24(8-10-26)42-29(43)12-28(35(42)53)58-19-27(36)34(52)37-2/h3-10,12,21,25,27,38,43,53-54H,11,13-20,36H2,1-2H3,(H,37,52)(H,44,45)(H,46,47)(H,48,49)(H,50,51)/t21-,25+,27?/m0/s1. The molecular formula is C35H47N7O15S2. The summed E-state index contributed by atoms with van der Waals surface area (Å²) in [5, 5.41) is 70.7. The number of likely N-dealkylation sites (N-methyl/N-ethyl adjacent to an activating group) is 1. The molecule has 3 rings (SSSR count). The number of aromatic nitrogens is 1. The van der Waals surface area contributed by atoms with Crippen molar-refractivity contribution < 1.29 is 73.2 Å². The molecule has 1 heterocycles. The molecule has 0 saturated carbocycles. The van der Waals surface area contributed by atoms with Crippen molar-refractivity contribution in [2.24, 2.45) is 5.73 Å². The first-order valence-electron chi connectivity index (χ1n) is 17.5. The topological polar surface area (TPSA) is 335 Å². The van der Waals surface area contributed by atoms with E-state index < -0.39 is 90.8 Å². The Labute approximate surface area is 342 Å². The van der Waals surface area contributed by atoms with E-state index >= 15 is 0 Å². The van der Waals surface area contributed by atoms with Crippen molar-refractivity contribution in [1.29, 1.82) is 0 Å². The lowest BCUT2D eigenvalue weighted by Crippen LogP contribution is -2.54. The zero-order valence-electron chi connectivity index (χ0n) is 31.9. The van der Waals surface area contributed by atoms with Crippen molar-refractivity contribution in [2.75, 3.05) is 63.5 Å². The van der Waals surface area contributed by atoms with Crippen molar-refractivity contribution >= 4 is 57.3 Å². The molecular weight excluding hydrogens is 823 g/mol. The van der Waals surface area contributed by atoms with Crippen LogP contribution in [0.4, 0.5) is 5.69 Å². The fourth-order valence-electron chi connectivity index (χ4n) is 6.09. The van der Waals surface area contributed by atoms with Crippen LogP contribution in [0.5, 0.6) is 11.8 Å². The average molecular weight is 870 g/mol. The molecule has 0 fully saturated rings. The van der Waals surface area contributed by atoms with Gasteiger partial charge >= 0.3 is 23.9 Å². The molecule has 24 heteroatoms. The molecule has 0 aliphatic rings. The average Bonchev–Trinajstić information content (AvgIpc) is 3.43. The lowest BCUT2D eigenvalue weighted by molar-refractivity contribution is -0.277. The van der Waals surface area contributed by atoms with Gasteiger partial charge in [0.2, 0.25) is 11.8 Å². The van der Waals surface area contributed by atoms with Crippen LogP contribution in [-0.4, -0.2) is 170 Å². The van der Waals surface area contributed by atoms with Gasteiger partial charge in [0.25, 0.3) is 10.0 Å². The molecule has 11 N–H and O–H groups in total. The number of carbonyl (C=O) groups is 5. The van der Waals surface area contributed by atoms with Crippen LogP contribution < -0.4 is 15.8 Å². The third-order valence-electron chi connectivity index (χ3n) is 8.67. The Morgan fingerprint density at radius 3 is 1.86 bits per heavy atom. The van der Waals surface area contributed by atoms with E-state index in [9.17, 15) is 68.3 Å². The zero-order chi connectivity index (χ0) is 44.0. The first-order valence-corrected chi connectivity index (χ1v) is 20.0. The minimum atomic E-state index is -4.19. The molecule has 1 unspecified atom stereocenters. The molecule has 22 nitrogen and oxygen atoms in total. The van der Waals surface area contributed by atoms with Gasteiger partial charge in [-0.3, -0.25) is 53.2 Å². The molecule has 0 saturated heterocycles. The number of nitrogens with one attached hydrogen (secondary N) is 2. The number of anilines is 1. The van der Waals surface area contributed by atoms with Crippen LogP contribution in [0.15, 0.2) is 64.4 Å². The summed E-state index contributed by atoms with van der Waals surface area (Å²) < 4.78 is 30.2. The van der Waals surface area contributed by atoms with Gasteiger partial charge < -0.3 is 41.7 Å². The number of aliphatic carboxylic acids is 4. The monoisotopic (exact) mass is 869 g/mol. The molecule has 1 aromatic heterocycles. The molecule has 0 aliphatic heterocycles. The number of amides is 1.